The second-order valence-electron chi connectivity index (χ2n) is 13.4. The van der Waals surface area contributed by atoms with Crippen molar-refractivity contribution < 1.29 is 23.5 Å². The van der Waals surface area contributed by atoms with E-state index in [0.717, 1.165) is 45.4 Å². The molecule has 2 rings (SSSR count). The Kier molecular flexibility index (Phi) is 11.8. The standard InChI is InChI=1S/C32H50O5SSi2/c1-12-24(14-13-15-30(33)34)27-19-29(38-23-27)22-35-28-17-16-25(20-36-39(8,9)31(2,3)4)26(18-28)21-37-40(10,11)32(5,6)7/h13-19,23H,12,20-22H2,1-11H3,(H,33,34). The number of rotatable bonds is 13. The molecular formula is C32H50O5SSi2. The number of aliphatic carboxylic acids is 1. The molecule has 222 valence electrons. The van der Waals surface area contributed by atoms with E-state index in [2.05, 4.69) is 98.2 Å². The van der Waals surface area contributed by atoms with E-state index in [0.29, 0.717) is 19.8 Å². The minimum Gasteiger partial charge on any atom is -0.488 e. The maximum atomic E-state index is 10.8. The lowest BCUT2D eigenvalue weighted by Crippen LogP contribution is -2.41. The van der Waals surface area contributed by atoms with Crippen LogP contribution in [0.4, 0.5) is 0 Å². The number of hydrogen-bond donors (Lipinski definition) is 1. The van der Waals surface area contributed by atoms with Gasteiger partial charge in [-0.05, 0) is 88.5 Å². The van der Waals surface area contributed by atoms with Crippen LogP contribution in [0.2, 0.25) is 36.3 Å². The molecule has 0 radical (unpaired) electrons. The molecule has 0 amide bonds. The van der Waals surface area contributed by atoms with Crippen LogP contribution in [-0.4, -0.2) is 27.7 Å². The third-order valence-corrected chi connectivity index (χ3v) is 18.2. The van der Waals surface area contributed by atoms with Crippen molar-refractivity contribution in [3.8, 4) is 5.75 Å². The zero-order valence-electron chi connectivity index (χ0n) is 26.4. The van der Waals surface area contributed by atoms with Crippen LogP contribution in [0.3, 0.4) is 0 Å². The molecular weight excluding hydrogens is 553 g/mol. The lowest BCUT2D eigenvalue weighted by atomic mass is 10.1. The van der Waals surface area contributed by atoms with Gasteiger partial charge in [0.2, 0.25) is 0 Å². The molecule has 0 aliphatic rings. The maximum Gasteiger partial charge on any atom is 0.328 e. The van der Waals surface area contributed by atoms with Crippen molar-refractivity contribution in [3.05, 3.63) is 69.4 Å². The molecule has 40 heavy (non-hydrogen) atoms. The van der Waals surface area contributed by atoms with Crippen LogP contribution < -0.4 is 4.74 Å². The molecule has 0 saturated carbocycles. The molecule has 0 aliphatic heterocycles. The molecule has 0 bridgehead atoms. The third-order valence-electron chi connectivity index (χ3n) is 8.29. The minimum atomic E-state index is -1.93. The molecule has 0 atom stereocenters. The fourth-order valence-corrected chi connectivity index (χ4v) is 6.08. The number of carboxylic acids is 1. The molecule has 1 N–H and O–H groups in total. The monoisotopic (exact) mass is 602 g/mol. The van der Waals surface area contributed by atoms with Gasteiger partial charge in [-0.3, -0.25) is 0 Å². The van der Waals surface area contributed by atoms with Gasteiger partial charge in [0.15, 0.2) is 16.6 Å². The first-order chi connectivity index (χ1) is 18.4. The Morgan fingerprint density at radius 3 is 2.00 bits per heavy atom. The van der Waals surface area contributed by atoms with E-state index in [9.17, 15) is 4.79 Å². The fourth-order valence-electron chi connectivity index (χ4n) is 3.36. The Morgan fingerprint density at radius 2 is 1.48 bits per heavy atom. The largest absolute Gasteiger partial charge is 0.488 e. The first kappa shape index (κ1) is 34.2. The molecule has 0 saturated heterocycles. The number of carbonyl (C=O) groups is 1. The molecule has 2 aromatic rings. The first-order valence-electron chi connectivity index (χ1n) is 14.1. The molecule has 0 spiro atoms. The van der Waals surface area contributed by atoms with E-state index in [1.165, 1.54) is 0 Å². The smallest absolute Gasteiger partial charge is 0.328 e. The summed E-state index contributed by atoms with van der Waals surface area (Å²) in [6, 6.07) is 8.39. The SMILES string of the molecule is CCC(=CC=CC(=O)O)c1csc(COc2ccc(CO[Si](C)(C)C(C)(C)C)c(CO[Si](C)(C)C(C)(C)C)c2)c1. The summed E-state index contributed by atoms with van der Waals surface area (Å²) in [5.74, 6) is -0.131. The van der Waals surface area contributed by atoms with Crippen molar-refractivity contribution in [2.75, 3.05) is 0 Å². The number of carboxylic acid groups (broad SMARTS) is 1. The molecule has 1 aromatic heterocycles. The quantitative estimate of drug-likeness (QED) is 0.140. The Morgan fingerprint density at radius 1 is 0.900 bits per heavy atom. The summed E-state index contributed by atoms with van der Waals surface area (Å²) in [6.07, 6.45) is 5.41. The van der Waals surface area contributed by atoms with Gasteiger partial charge in [-0.15, -0.1) is 11.3 Å². The van der Waals surface area contributed by atoms with Gasteiger partial charge in [-0.1, -0.05) is 66.7 Å². The van der Waals surface area contributed by atoms with Crippen molar-refractivity contribution in [2.24, 2.45) is 0 Å². The Bertz CT molecular complexity index is 1200. The maximum absolute atomic E-state index is 10.8. The average Bonchev–Trinajstić information content (AvgIpc) is 3.30. The highest BCUT2D eigenvalue weighted by Crippen LogP contribution is 2.39. The Hall–Kier alpha value is -1.98. The lowest BCUT2D eigenvalue weighted by molar-refractivity contribution is -0.131. The summed E-state index contributed by atoms with van der Waals surface area (Å²) >= 11 is 1.65. The van der Waals surface area contributed by atoms with E-state index in [4.69, 9.17) is 18.7 Å². The van der Waals surface area contributed by atoms with Crippen molar-refractivity contribution in [1.82, 2.24) is 0 Å². The molecule has 8 heteroatoms. The van der Waals surface area contributed by atoms with E-state index in [1.807, 2.05) is 12.1 Å². The number of hydrogen-bond acceptors (Lipinski definition) is 5. The highest BCUT2D eigenvalue weighted by Gasteiger charge is 2.38. The van der Waals surface area contributed by atoms with Crippen LogP contribution in [0, 0.1) is 0 Å². The zero-order chi connectivity index (χ0) is 30.4. The van der Waals surface area contributed by atoms with Gasteiger partial charge in [0, 0.05) is 11.0 Å². The average molecular weight is 603 g/mol. The molecule has 0 fully saturated rings. The second-order valence-corrected chi connectivity index (χ2v) is 24.0. The van der Waals surface area contributed by atoms with Crippen molar-refractivity contribution in [3.63, 3.8) is 0 Å². The normalized spacial score (nSPS) is 13.7. The van der Waals surface area contributed by atoms with Gasteiger partial charge < -0.3 is 18.7 Å². The number of thiophene rings is 1. The van der Waals surface area contributed by atoms with Crippen LogP contribution >= 0.6 is 11.3 Å². The summed E-state index contributed by atoms with van der Waals surface area (Å²) in [7, 11) is -3.83. The van der Waals surface area contributed by atoms with Crippen LogP contribution in [0.25, 0.3) is 5.57 Å². The predicted molar refractivity (Wildman–Crippen MR) is 174 cm³/mol. The molecule has 0 unspecified atom stereocenters. The van der Waals surface area contributed by atoms with Crippen LogP contribution in [0.5, 0.6) is 5.75 Å². The summed E-state index contributed by atoms with van der Waals surface area (Å²) in [5.41, 5.74) is 4.47. The zero-order valence-corrected chi connectivity index (χ0v) is 29.3. The Balaban J connectivity index is 2.23. The van der Waals surface area contributed by atoms with Crippen LogP contribution in [0.15, 0.2) is 47.9 Å². The van der Waals surface area contributed by atoms with Gasteiger partial charge >= 0.3 is 5.97 Å². The van der Waals surface area contributed by atoms with Gasteiger partial charge in [0.25, 0.3) is 0 Å². The topological polar surface area (TPSA) is 65.0 Å². The lowest BCUT2D eigenvalue weighted by Gasteiger charge is -2.37. The van der Waals surface area contributed by atoms with E-state index < -0.39 is 22.6 Å². The van der Waals surface area contributed by atoms with Gasteiger partial charge in [-0.2, -0.15) is 0 Å². The van der Waals surface area contributed by atoms with Crippen molar-refractivity contribution in [2.45, 2.75) is 111 Å². The Labute approximate surface area is 248 Å². The highest BCUT2D eigenvalue weighted by atomic mass is 32.1. The van der Waals surface area contributed by atoms with Crippen molar-refractivity contribution in [1.29, 1.82) is 0 Å². The first-order valence-corrected chi connectivity index (χ1v) is 20.8. The van der Waals surface area contributed by atoms with Crippen LogP contribution in [0.1, 0.15) is 76.5 Å². The third kappa shape index (κ3) is 9.84. The molecule has 0 aliphatic carbocycles. The van der Waals surface area contributed by atoms with E-state index >= 15 is 0 Å². The van der Waals surface area contributed by atoms with E-state index in [-0.39, 0.29) is 10.1 Å². The number of ether oxygens (including phenoxy) is 1. The van der Waals surface area contributed by atoms with Crippen LogP contribution in [-0.2, 0) is 33.5 Å². The summed E-state index contributed by atoms with van der Waals surface area (Å²) in [5, 5.41) is 11.2. The van der Waals surface area contributed by atoms with Gasteiger partial charge in [0.1, 0.15) is 12.4 Å². The van der Waals surface area contributed by atoms with Gasteiger partial charge in [0.05, 0.1) is 13.2 Å². The molecule has 1 heterocycles. The number of allylic oxidation sites excluding steroid dienone is 3. The molecule has 5 nitrogen and oxygen atoms in total. The molecule has 1 aromatic carbocycles. The second kappa shape index (κ2) is 13.8. The number of benzene rings is 1. The summed E-state index contributed by atoms with van der Waals surface area (Å²) in [6.45, 7) is 26.4. The predicted octanol–water partition coefficient (Wildman–Crippen LogP) is 9.80. The van der Waals surface area contributed by atoms with Gasteiger partial charge in [-0.25, -0.2) is 4.79 Å². The summed E-state index contributed by atoms with van der Waals surface area (Å²) < 4.78 is 19.4. The fraction of sp³-hybridized carbons (Fsp3) is 0.531. The van der Waals surface area contributed by atoms with Crippen molar-refractivity contribution >= 4 is 39.5 Å². The van der Waals surface area contributed by atoms with E-state index in [1.54, 1.807) is 17.4 Å². The highest BCUT2D eigenvalue weighted by molar-refractivity contribution is 7.10. The summed E-state index contributed by atoms with van der Waals surface area (Å²) in [4.78, 5) is 11.9. The minimum absolute atomic E-state index is 0.130.